The van der Waals surface area contributed by atoms with Gasteiger partial charge in [0.15, 0.2) is 9.68 Å². The fraction of sp³-hybridized carbons (Fsp3) is 0.650. The maximum absolute atomic E-state index is 5.22. The molecule has 0 aliphatic heterocycles. The number of benzene rings is 1. The van der Waals surface area contributed by atoms with Crippen molar-refractivity contribution in [1.29, 1.82) is 0 Å². The van der Waals surface area contributed by atoms with Gasteiger partial charge in [-0.2, -0.15) is 0 Å². The summed E-state index contributed by atoms with van der Waals surface area (Å²) in [6.45, 7) is 16.5. The molecule has 0 N–H and O–H groups in total. The average Bonchev–Trinajstić information content (AvgIpc) is 2.40. The van der Waals surface area contributed by atoms with Crippen LogP contribution in [0.3, 0.4) is 0 Å². The summed E-state index contributed by atoms with van der Waals surface area (Å²) in [7, 11) is -0.514. The summed E-state index contributed by atoms with van der Waals surface area (Å²) in [5.41, 5.74) is 4.04. The monoisotopic (exact) mass is 317 g/mol. The minimum absolute atomic E-state index is 0.334. The van der Waals surface area contributed by atoms with E-state index in [0.717, 1.165) is 6.42 Å². The van der Waals surface area contributed by atoms with Crippen molar-refractivity contribution in [2.24, 2.45) is 15.5 Å². The molecule has 0 radical (unpaired) electrons. The number of nitrogens with zero attached hydrogens (tertiary/aromatic N) is 1. The van der Waals surface area contributed by atoms with Crippen LogP contribution in [0.25, 0.3) is 0 Å². The fourth-order valence-electron chi connectivity index (χ4n) is 3.34. The molecule has 0 heterocycles. The Kier molecular flexibility index (Phi) is 7.05. The first-order valence-corrected chi connectivity index (χ1v) is 10.2. The predicted molar refractivity (Wildman–Crippen MR) is 104 cm³/mol. The van der Waals surface area contributed by atoms with Crippen LogP contribution in [0.15, 0.2) is 35.0 Å². The topological polar surface area (TPSA) is 12.4 Å². The average molecular weight is 318 g/mol. The molecule has 2 heteroatoms. The Bertz CT molecular complexity index is 449. The van der Waals surface area contributed by atoms with E-state index in [-0.39, 0.29) is 0 Å². The van der Waals surface area contributed by atoms with Gasteiger partial charge in [0.05, 0.1) is 0 Å². The predicted octanol–water partition coefficient (Wildman–Crippen LogP) is 5.63. The van der Waals surface area contributed by atoms with Crippen molar-refractivity contribution >= 4 is 15.4 Å². The fourth-order valence-corrected chi connectivity index (χ4v) is 5.18. The SMILES string of the molecule is CCCC/C(=N/[SiH2]C(C(C)(C)C)C(C)(C)C)c1ccccc1. The maximum atomic E-state index is 5.22. The van der Waals surface area contributed by atoms with Crippen LogP contribution in [-0.2, 0) is 0 Å². The van der Waals surface area contributed by atoms with E-state index in [1.54, 1.807) is 0 Å². The number of unbranched alkanes of at least 4 members (excludes halogenated alkanes) is 1. The molecule has 0 bridgehead atoms. The van der Waals surface area contributed by atoms with Crippen molar-refractivity contribution in [3.63, 3.8) is 0 Å². The number of hydrogen-bond donors (Lipinski definition) is 0. The van der Waals surface area contributed by atoms with Crippen LogP contribution in [0.1, 0.15) is 73.3 Å². The summed E-state index contributed by atoms with van der Waals surface area (Å²) in [6, 6.07) is 10.8. The zero-order chi connectivity index (χ0) is 16.8. The lowest BCUT2D eigenvalue weighted by Gasteiger charge is -2.39. The van der Waals surface area contributed by atoms with Crippen molar-refractivity contribution in [3.8, 4) is 0 Å². The molecule has 0 aliphatic rings. The van der Waals surface area contributed by atoms with Gasteiger partial charge < -0.3 is 4.66 Å². The van der Waals surface area contributed by atoms with Crippen molar-refractivity contribution in [3.05, 3.63) is 35.9 Å². The molecule has 0 aliphatic carbocycles. The van der Waals surface area contributed by atoms with Gasteiger partial charge in [-0.15, -0.1) is 0 Å². The lowest BCUT2D eigenvalue weighted by Crippen LogP contribution is -2.31. The van der Waals surface area contributed by atoms with Gasteiger partial charge in [-0.05, 0) is 34.8 Å². The Balaban J connectivity index is 3.01. The molecule has 0 amide bonds. The summed E-state index contributed by atoms with van der Waals surface area (Å²) >= 11 is 0. The number of hydrogen-bond acceptors (Lipinski definition) is 1. The number of rotatable bonds is 6. The molecular formula is C20H35NSi. The normalized spacial score (nSPS) is 14.3. The van der Waals surface area contributed by atoms with E-state index in [1.165, 1.54) is 24.1 Å². The largest absolute Gasteiger partial charge is 0.332 e. The molecule has 0 fully saturated rings. The summed E-state index contributed by atoms with van der Waals surface area (Å²) in [6.07, 6.45) is 3.59. The molecule has 0 spiro atoms. The Labute approximate surface area is 140 Å². The third kappa shape index (κ3) is 6.08. The second kappa shape index (κ2) is 8.10. The molecule has 0 aromatic heterocycles. The Morgan fingerprint density at radius 2 is 1.55 bits per heavy atom. The highest BCUT2D eigenvalue weighted by Crippen LogP contribution is 2.44. The Morgan fingerprint density at radius 1 is 1.00 bits per heavy atom. The van der Waals surface area contributed by atoms with Crippen molar-refractivity contribution in [2.45, 2.75) is 73.3 Å². The summed E-state index contributed by atoms with van der Waals surface area (Å²) < 4.78 is 5.22. The van der Waals surface area contributed by atoms with Gasteiger partial charge in [0.25, 0.3) is 0 Å². The highest BCUT2D eigenvalue weighted by molar-refractivity contribution is 6.39. The summed E-state index contributed by atoms with van der Waals surface area (Å²) in [5.74, 6) is 0. The van der Waals surface area contributed by atoms with Crippen LogP contribution in [0, 0.1) is 10.8 Å². The van der Waals surface area contributed by atoms with Gasteiger partial charge in [0.1, 0.15) is 0 Å². The molecule has 1 aromatic rings. The van der Waals surface area contributed by atoms with E-state index in [1.807, 2.05) is 0 Å². The van der Waals surface area contributed by atoms with Crippen LogP contribution in [0.5, 0.6) is 0 Å². The van der Waals surface area contributed by atoms with Crippen LogP contribution in [0.4, 0.5) is 0 Å². The van der Waals surface area contributed by atoms with Gasteiger partial charge >= 0.3 is 0 Å². The van der Waals surface area contributed by atoms with E-state index >= 15 is 0 Å². The molecule has 124 valence electrons. The van der Waals surface area contributed by atoms with Gasteiger partial charge in [0, 0.05) is 5.71 Å². The van der Waals surface area contributed by atoms with Gasteiger partial charge in [-0.3, -0.25) is 0 Å². The van der Waals surface area contributed by atoms with Crippen molar-refractivity contribution < 1.29 is 0 Å². The Hall–Kier alpha value is -0.893. The maximum Gasteiger partial charge on any atom is 0.155 e. The molecule has 1 nitrogen and oxygen atoms in total. The minimum atomic E-state index is -0.514. The Morgan fingerprint density at radius 3 is 2.00 bits per heavy atom. The van der Waals surface area contributed by atoms with Gasteiger partial charge in [0.2, 0.25) is 0 Å². The first-order valence-electron chi connectivity index (χ1n) is 8.75. The highest BCUT2D eigenvalue weighted by Gasteiger charge is 2.34. The molecule has 22 heavy (non-hydrogen) atoms. The molecule has 0 saturated heterocycles. The van der Waals surface area contributed by atoms with E-state index < -0.39 is 9.68 Å². The second-order valence-corrected chi connectivity index (χ2v) is 10.0. The zero-order valence-electron chi connectivity index (χ0n) is 15.7. The van der Waals surface area contributed by atoms with E-state index in [2.05, 4.69) is 78.8 Å². The molecular weight excluding hydrogens is 282 g/mol. The van der Waals surface area contributed by atoms with E-state index in [4.69, 9.17) is 4.66 Å². The van der Waals surface area contributed by atoms with Crippen LogP contribution in [-0.4, -0.2) is 15.4 Å². The molecule has 0 saturated carbocycles. The van der Waals surface area contributed by atoms with Crippen molar-refractivity contribution in [2.75, 3.05) is 0 Å². The first-order chi connectivity index (χ1) is 10.2. The third-order valence-corrected chi connectivity index (χ3v) is 7.81. The third-order valence-electron chi connectivity index (χ3n) is 4.43. The van der Waals surface area contributed by atoms with Crippen LogP contribution < -0.4 is 0 Å². The quantitative estimate of drug-likeness (QED) is 0.476. The standard InChI is InChI=1S/C20H35NSi/c1-8-9-15-17(16-13-11-10-12-14-16)21-22-18(19(2,3)4)20(5,6)7/h10-14,18H,8-9,15,22H2,1-7H3/b21-17-. The smallest absolute Gasteiger partial charge is 0.155 e. The molecule has 0 atom stereocenters. The first kappa shape index (κ1) is 19.2. The second-order valence-electron chi connectivity index (χ2n) is 8.54. The zero-order valence-corrected chi connectivity index (χ0v) is 17.2. The van der Waals surface area contributed by atoms with Gasteiger partial charge in [-0.25, -0.2) is 0 Å². The van der Waals surface area contributed by atoms with Crippen LogP contribution >= 0.6 is 0 Å². The van der Waals surface area contributed by atoms with E-state index in [0.29, 0.717) is 16.4 Å². The highest BCUT2D eigenvalue weighted by atomic mass is 28.2. The summed E-state index contributed by atoms with van der Waals surface area (Å²) in [5, 5.41) is 0. The van der Waals surface area contributed by atoms with E-state index in [9.17, 15) is 0 Å². The molecule has 1 rings (SSSR count). The lowest BCUT2D eigenvalue weighted by atomic mass is 9.77. The minimum Gasteiger partial charge on any atom is -0.332 e. The molecule has 1 aromatic carbocycles. The molecule has 0 unspecified atom stereocenters. The van der Waals surface area contributed by atoms with Gasteiger partial charge in [-0.1, -0.05) is 85.2 Å². The summed E-state index contributed by atoms with van der Waals surface area (Å²) in [4.78, 5) is 0. The van der Waals surface area contributed by atoms with Crippen molar-refractivity contribution in [1.82, 2.24) is 0 Å². The van der Waals surface area contributed by atoms with Crippen LogP contribution in [0.2, 0.25) is 5.54 Å². The lowest BCUT2D eigenvalue weighted by molar-refractivity contribution is 0.232.